The van der Waals surface area contributed by atoms with Crippen LogP contribution in [0.15, 0.2) is 33.5 Å². The summed E-state index contributed by atoms with van der Waals surface area (Å²) < 4.78 is 4.97. The number of rotatable bonds is 2. The van der Waals surface area contributed by atoms with Gasteiger partial charge in [0.05, 0.1) is 0 Å². The monoisotopic (exact) mass is 230 g/mol. The maximum absolute atomic E-state index is 11.4. The fraction of sp³-hybridized carbons (Fsp3) is 0.231. The summed E-state index contributed by atoms with van der Waals surface area (Å²) >= 11 is 0. The second kappa shape index (κ2) is 3.45. The predicted molar refractivity (Wildman–Crippen MR) is 61.4 cm³/mol. The SMILES string of the molecule is O=C(O)c1cc2cc(C3CC3)ccc2oc1=O. The van der Waals surface area contributed by atoms with Gasteiger partial charge in [-0.2, -0.15) is 0 Å². The Kier molecular flexibility index (Phi) is 2.04. The summed E-state index contributed by atoms with van der Waals surface area (Å²) in [5.74, 6) is -0.669. The van der Waals surface area contributed by atoms with Crippen molar-refractivity contribution in [3.8, 4) is 0 Å². The Hall–Kier alpha value is -2.10. The van der Waals surface area contributed by atoms with Gasteiger partial charge in [0.2, 0.25) is 0 Å². The van der Waals surface area contributed by atoms with Crippen LogP contribution in [0.5, 0.6) is 0 Å². The van der Waals surface area contributed by atoms with Crippen LogP contribution in [0.4, 0.5) is 0 Å². The van der Waals surface area contributed by atoms with Crippen molar-refractivity contribution in [3.05, 3.63) is 45.8 Å². The number of aromatic carboxylic acids is 1. The average molecular weight is 230 g/mol. The van der Waals surface area contributed by atoms with Gasteiger partial charge in [0.1, 0.15) is 11.1 Å². The molecule has 3 rings (SSSR count). The van der Waals surface area contributed by atoms with Gasteiger partial charge in [-0.25, -0.2) is 9.59 Å². The predicted octanol–water partition coefficient (Wildman–Crippen LogP) is 2.37. The normalized spacial score (nSPS) is 15.1. The number of carbonyl (C=O) groups is 1. The minimum Gasteiger partial charge on any atom is -0.477 e. The first-order chi connectivity index (χ1) is 8.15. The minimum atomic E-state index is -1.25. The summed E-state index contributed by atoms with van der Waals surface area (Å²) in [5.41, 5.74) is 0.502. The topological polar surface area (TPSA) is 67.5 Å². The van der Waals surface area contributed by atoms with E-state index in [-0.39, 0.29) is 5.56 Å². The van der Waals surface area contributed by atoms with Crippen LogP contribution in [-0.2, 0) is 0 Å². The van der Waals surface area contributed by atoms with Gasteiger partial charge in [-0.3, -0.25) is 0 Å². The van der Waals surface area contributed by atoms with Crippen molar-refractivity contribution in [1.29, 1.82) is 0 Å². The van der Waals surface area contributed by atoms with Crippen molar-refractivity contribution < 1.29 is 14.3 Å². The molecule has 1 N–H and O–H groups in total. The molecule has 1 aliphatic rings. The molecule has 1 fully saturated rings. The van der Waals surface area contributed by atoms with Gasteiger partial charge in [-0.15, -0.1) is 0 Å². The highest BCUT2D eigenvalue weighted by molar-refractivity contribution is 5.91. The van der Waals surface area contributed by atoms with E-state index in [2.05, 4.69) is 0 Å². The van der Waals surface area contributed by atoms with Crippen LogP contribution < -0.4 is 5.63 Å². The highest BCUT2D eigenvalue weighted by Gasteiger charge is 2.23. The van der Waals surface area contributed by atoms with E-state index in [1.807, 2.05) is 12.1 Å². The number of carboxylic acid groups (broad SMARTS) is 1. The average Bonchev–Trinajstić information content (AvgIpc) is 3.11. The molecule has 2 aromatic rings. The van der Waals surface area contributed by atoms with Crippen molar-refractivity contribution in [1.82, 2.24) is 0 Å². The Morgan fingerprint density at radius 1 is 1.29 bits per heavy atom. The first kappa shape index (κ1) is 10.1. The fourth-order valence-electron chi connectivity index (χ4n) is 1.96. The van der Waals surface area contributed by atoms with Crippen molar-refractivity contribution >= 4 is 16.9 Å². The van der Waals surface area contributed by atoms with Gasteiger partial charge in [0, 0.05) is 5.39 Å². The molecule has 0 unspecified atom stereocenters. The van der Waals surface area contributed by atoms with E-state index in [4.69, 9.17) is 9.52 Å². The fourth-order valence-corrected chi connectivity index (χ4v) is 1.96. The highest BCUT2D eigenvalue weighted by atomic mass is 16.4. The molecule has 1 aromatic carbocycles. The molecule has 0 bridgehead atoms. The first-order valence-corrected chi connectivity index (χ1v) is 5.46. The molecule has 0 atom stereocenters. The molecular weight excluding hydrogens is 220 g/mol. The van der Waals surface area contributed by atoms with Gasteiger partial charge in [0.25, 0.3) is 0 Å². The van der Waals surface area contributed by atoms with Crippen LogP contribution in [0.2, 0.25) is 0 Å². The van der Waals surface area contributed by atoms with Crippen LogP contribution in [0.25, 0.3) is 11.0 Å². The number of fused-ring (bicyclic) bond motifs is 1. The molecule has 0 aliphatic heterocycles. The standard InChI is InChI=1S/C13H10O4/c14-12(15)10-6-9-5-8(7-1-2-7)3-4-11(9)17-13(10)16/h3-7H,1-2H2,(H,14,15). The zero-order valence-electron chi connectivity index (χ0n) is 8.97. The zero-order chi connectivity index (χ0) is 12.0. The number of hydrogen-bond donors (Lipinski definition) is 1. The first-order valence-electron chi connectivity index (χ1n) is 5.46. The van der Waals surface area contributed by atoms with Crippen LogP contribution >= 0.6 is 0 Å². The largest absolute Gasteiger partial charge is 0.477 e. The molecule has 0 amide bonds. The Morgan fingerprint density at radius 2 is 2.06 bits per heavy atom. The maximum Gasteiger partial charge on any atom is 0.351 e. The van der Waals surface area contributed by atoms with Gasteiger partial charge >= 0.3 is 11.6 Å². The number of carboxylic acids is 1. The Bertz CT molecular complexity index is 665. The molecule has 1 aromatic heterocycles. The summed E-state index contributed by atoms with van der Waals surface area (Å²) in [6.07, 6.45) is 2.35. The molecule has 17 heavy (non-hydrogen) atoms. The molecule has 0 radical (unpaired) electrons. The molecular formula is C13H10O4. The lowest BCUT2D eigenvalue weighted by atomic mass is 10.1. The van der Waals surface area contributed by atoms with Crippen LogP contribution in [0.3, 0.4) is 0 Å². The number of hydrogen-bond acceptors (Lipinski definition) is 3. The van der Waals surface area contributed by atoms with E-state index in [1.165, 1.54) is 24.5 Å². The lowest BCUT2D eigenvalue weighted by Crippen LogP contribution is -2.12. The van der Waals surface area contributed by atoms with Gasteiger partial charge < -0.3 is 9.52 Å². The van der Waals surface area contributed by atoms with Crippen LogP contribution in [0.1, 0.15) is 34.7 Å². The zero-order valence-corrected chi connectivity index (χ0v) is 8.97. The third-order valence-corrected chi connectivity index (χ3v) is 3.04. The molecule has 1 heterocycles. The van der Waals surface area contributed by atoms with Crippen LogP contribution in [0, 0.1) is 0 Å². The van der Waals surface area contributed by atoms with Gasteiger partial charge in [-0.1, -0.05) is 6.07 Å². The quantitative estimate of drug-likeness (QED) is 0.804. The number of benzene rings is 1. The van der Waals surface area contributed by atoms with Crippen molar-refractivity contribution in [2.45, 2.75) is 18.8 Å². The Balaban J connectivity index is 2.23. The highest BCUT2D eigenvalue weighted by Crippen LogP contribution is 2.40. The molecule has 4 heteroatoms. The van der Waals surface area contributed by atoms with E-state index < -0.39 is 11.6 Å². The second-order valence-electron chi connectivity index (χ2n) is 4.32. The summed E-state index contributed by atoms with van der Waals surface area (Å²) in [5, 5.41) is 9.53. The maximum atomic E-state index is 11.4. The minimum absolute atomic E-state index is 0.314. The van der Waals surface area contributed by atoms with Crippen molar-refractivity contribution in [2.75, 3.05) is 0 Å². The van der Waals surface area contributed by atoms with Crippen LogP contribution in [-0.4, -0.2) is 11.1 Å². The Labute approximate surface area is 96.5 Å². The summed E-state index contributed by atoms with van der Waals surface area (Å²) in [6.45, 7) is 0. The van der Waals surface area contributed by atoms with Crippen molar-refractivity contribution in [3.63, 3.8) is 0 Å². The van der Waals surface area contributed by atoms with E-state index >= 15 is 0 Å². The van der Waals surface area contributed by atoms with E-state index in [0.29, 0.717) is 16.9 Å². The molecule has 86 valence electrons. The molecule has 0 saturated heterocycles. The van der Waals surface area contributed by atoms with Crippen molar-refractivity contribution in [2.24, 2.45) is 0 Å². The van der Waals surface area contributed by atoms with Gasteiger partial charge in [-0.05, 0) is 42.5 Å². The van der Waals surface area contributed by atoms with E-state index in [9.17, 15) is 9.59 Å². The second-order valence-corrected chi connectivity index (χ2v) is 4.32. The van der Waals surface area contributed by atoms with E-state index in [1.54, 1.807) is 6.07 Å². The smallest absolute Gasteiger partial charge is 0.351 e. The summed E-state index contributed by atoms with van der Waals surface area (Å²) in [7, 11) is 0. The van der Waals surface area contributed by atoms with Gasteiger partial charge in [0.15, 0.2) is 0 Å². The van der Waals surface area contributed by atoms with E-state index in [0.717, 1.165) is 0 Å². The molecule has 0 spiro atoms. The lowest BCUT2D eigenvalue weighted by molar-refractivity contribution is 0.0692. The summed E-state index contributed by atoms with van der Waals surface area (Å²) in [6, 6.07) is 6.96. The Morgan fingerprint density at radius 3 is 2.71 bits per heavy atom. The third kappa shape index (κ3) is 1.71. The summed E-state index contributed by atoms with van der Waals surface area (Å²) in [4.78, 5) is 22.2. The lowest BCUT2D eigenvalue weighted by Gasteiger charge is -2.01. The molecule has 1 aliphatic carbocycles. The molecule has 1 saturated carbocycles. The molecule has 4 nitrogen and oxygen atoms in total. The third-order valence-electron chi connectivity index (χ3n) is 3.04.